The standard InChI is InChI=1S/C11H11N3O4/c1-6-2-3-8-7(4-6)12-13-14(8)9(11(17)18)5-10(15)16/h2-4,9H,5H2,1H3,(H,15,16)(H,17,18). The van der Waals surface area contributed by atoms with Gasteiger partial charge in [-0.1, -0.05) is 11.3 Å². The molecule has 1 aromatic heterocycles. The molecule has 0 aliphatic carbocycles. The van der Waals surface area contributed by atoms with Crippen molar-refractivity contribution in [2.45, 2.75) is 19.4 Å². The number of benzene rings is 1. The summed E-state index contributed by atoms with van der Waals surface area (Å²) in [5.74, 6) is -2.44. The van der Waals surface area contributed by atoms with E-state index in [2.05, 4.69) is 10.3 Å². The molecule has 0 aliphatic rings. The lowest BCUT2D eigenvalue weighted by Gasteiger charge is -2.10. The minimum absolute atomic E-state index is 0.509. The van der Waals surface area contributed by atoms with E-state index in [9.17, 15) is 9.59 Å². The highest BCUT2D eigenvalue weighted by molar-refractivity contribution is 5.82. The summed E-state index contributed by atoms with van der Waals surface area (Å²) in [4.78, 5) is 21.8. The highest BCUT2D eigenvalue weighted by Gasteiger charge is 2.25. The van der Waals surface area contributed by atoms with Crippen molar-refractivity contribution in [2.24, 2.45) is 0 Å². The second-order valence-corrected chi connectivity index (χ2v) is 3.98. The predicted molar refractivity (Wildman–Crippen MR) is 61.2 cm³/mol. The Morgan fingerprint density at radius 2 is 2.11 bits per heavy atom. The molecule has 2 aromatic rings. The molecule has 0 saturated heterocycles. The molecule has 0 aliphatic heterocycles. The van der Waals surface area contributed by atoms with Crippen LogP contribution in [0.3, 0.4) is 0 Å². The van der Waals surface area contributed by atoms with Gasteiger partial charge < -0.3 is 10.2 Å². The van der Waals surface area contributed by atoms with E-state index in [0.29, 0.717) is 11.0 Å². The van der Waals surface area contributed by atoms with Crippen molar-refractivity contribution in [1.82, 2.24) is 15.0 Å². The zero-order valence-corrected chi connectivity index (χ0v) is 9.57. The second kappa shape index (κ2) is 4.44. The summed E-state index contributed by atoms with van der Waals surface area (Å²) in [5.41, 5.74) is 2.03. The highest BCUT2D eigenvalue weighted by Crippen LogP contribution is 2.19. The topological polar surface area (TPSA) is 105 Å². The van der Waals surface area contributed by atoms with Gasteiger partial charge in [0.25, 0.3) is 0 Å². The molecular formula is C11H11N3O4. The molecule has 1 atom stereocenters. The first kappa shape index (κ1) is 12.0. The molecule has 1 unspecified atom stereocenters. The fraction of sp³-hybridized carbons (Fsp3) is 0.273. The maximum Gasteiger partial charge on any atom is 0.329 e. The first-order chi connectivity index (χ1) is 8.49. The van der Waals surface area contributed by atoms with Crippen molar-refractivity contribution >= 4 is 23.0 Å². The number of carboxylic acids is 2. The van der Waals surface area contributed by atoms with Gasteiger partial charge in [0.05, 0.1) is 11.9 Å². The van der Waals surface area contributed by atoms with Gasteiger partial charge in [0, 0.05) is 0 Å². The normalized spacial score (nSPS) is 12.5. The molecule has 0 radical (unpaired) electrons. The van der Waals surface area contributed by atoms with E-state index in [1.54, 1.807) is 18.2 Å². The third kappa shape index (κ3) is 2.15. The summed E-state index contributed by atoms with van der Waals surface area (Å²) >= 11 is 0. The quantitative estimate of drug-likeness (QED) is 0.831. The van der Waals surface area contributed by atoms with Crippen LogP contribution in [-0.2, 0) is 9.59 Å². The van der Waals surface area contributed by atoms with Gasteiger partial charge in [0.2, 0.25) is 0 Å². The fourth-order valence-electron chi connectivity index (χ4n) is 1.73. The number of rotatable bonds is 4. The van der Waals surface area contributed by atoms with Crippen LogP contribution in [0.1, 0.15) is 18.0 Å². The maximum atomic E-state index is 11.1. The van der Waals surface area contributed by atoms with Gasteiger partial charge in [-0.25, -0.2) is 9.48 Å². The smallest absolute Gasteiger partial charge is 0.329 e. The van der Waals surface area contributed by atoms with Crippen LogP contribution in [-0.4, -0.2) is 37.1 Å². The summed E-state index contributed by atoms with van der Waals surface area (Å²) in [6.07, 6.45) is -0.540. The number of aromatic nitrogens is 3. The number of hydrogen-bond acceptors (Lipinski definition) is 4. The van der Waals surface area contributed by atoms with Crippen LogP contribution in [0.5, 0.6) is 0 Å². The molecule has 7 heteroatoms. The third-order valence-electron chi connectivity index (χ3n) is 2.57. The molecule has 0 spiro atoms. The van der Waals surface area contributed by atoms with Gasteiger partial charge in [-0.3, -0.25) is 4.79 Å². The fourth-order valence-corrected chi connectivity index (χ4v) is 1.73. The van der Waals surface area contributed by atoms with Gasteiger partial charge in [-0.05, 0) is 24.6 Å². The van der Waals surface area contributed by atoms with Crippen LogP contribution in [0.4, 0.5) is 0 Å². The number of nitrogens with zero attached hydrogens (tertiary/aromatic N) is 3. The Morgan fingerprint density at radius 3 is 2.72 bits per heavy atom. The van der Waals surface area contributed by atoms with E-state index in [-0.39, 0.29) is 0 Å². The Morgan fingerprint density at radius 1 is 1.39 bits per heavy atom. The molecule has 2 rings (SSSR count). The summed E-state index contributed by atoms with van der Waals surface area (Å²) in [7, 11) is 0. The van der Waals surface area contributed by atoms with Crippen LogP contribution in [0.15, 0.2) is 18.2 Å². The lowest BCUT2D eigenvalue weighted by atomic mass is 10.2. The Bertz CT molecular complexity index is 620. The van der Waals surface area contributed by atoms with Crippen LogP contribution in [0.2, 0.25) is 0 Å². The number of aliphatic carboxylic acids is 2. The SMILES string of the molecule is Cc1ccc2c(c1)nnn2C(CC(=O)O)C(=O)O. The Kier molecular flexibility index (Phi) is 2.97. The molecule has 1 aromatic carbocycles. The lowest BCUT2D eigenvalue weighted by molar-refractivity contribution is -0.147. The lowest BCUT2D eigenvalue weighted by Crippen LogP contribution is -2.23. The van der Waals surface area contributed by atoms with Crippen LogP contribution in [0, 0.1) is 6.92 Å². The largest absolute Gasteiger partial charge is 0.481 e. The van der Waals surface area contributed by atoms with Gasteiger partial charge in [0.1, 0.15) is 5.52 Å². The average molecular weight is 249 g/mol. The molecule has 2 N–H and O–H groups in total. The minimum atomic E-state index is -1.25. The van der Waals surface area contributed by atoms with Crippen LogP contribution >= 0.6 is 0 Å². The Balaban J connectivity index is 2.51. The zero-order valence-electron chi connectivity index (χ0n) is 9.57. The molecule has 0 saturated carbocycles. The van der Waals surface area contributed by atoms with Crippen molar-refractivity contribution in [3.63, 3.8) is 0 Å². The molecule has 0 fully saturated rings. The van der Waals surface area contributed by atoms with Crippen molar-refractivity contribution in [2.75, 3.05) is 0 Å². The summed E-state index contributed by atoms with van der Waals surface area (Å²) in [6.45, 7) is 1.88. The molecule has 18 heavy (non-hydrogen) atoms. The highest BCUT2D eigenvalue weighted by atomic mass is 16.4. The van der Waals surface area contributed by atoms with E-state index >= 15 is 0 Å². The van der Waals surface area contributed by atoms with E-state index < -0.39 is 24.4 Å². The predicted octanol–water partition coefficient (Wildman–Crippen LogP) is 0.840. The molecular weight excluding hydrogens is 238 g/mol. The molecule has 1 heterocycles. The van der Waals surface area contributed by atoms with E-state index in [1.165, 1.54) is 0 Å². The number of carboxylic acid groups (broad SMARTS) is 2. The molecule has 0 amide bonds. The summed E-state index contributed by atoms with van der Waals surface area (Å²) in [6, 6.07) is 3.98. The minimum Gasteiger partial charge on any atom is -0.481 e. The number of hydrogen-bond donors (Lipinski definition) is 2. The monoisotopic (exact) mass is 249 g/mol. The maximum absolute atomic E-state index is 11.1. The summed E-state index contributed by atoms with van der Waals surface area (Å²) in [5, 5.41) is 25.4. The number of aryl methyl sites for hydroxylation is 1. The van der Waals surface area contributed by atoms with Crippen molar-refractivity contribution < 1.29 is 19.8 Å². The van der Waals surface area contributed by atoms with Gasteiger partial charge in [0.15, 0.2) is 6.04 Å². The van der Waals surface area contributed by atoms with Crippen molar-refractivity contribution in [3.05, 3.63) is 23.8 Å². The molecule has 7 nitrogen and oxygen atoms in total. The van der Waals surface area contributed by atoms with E-state index in [4.69, 9.17) is 10.2 Å². The van der Waals surface area contributed by atoms with Gasteiger partial charge in [-0.2, -0.15) is 0 Å². The summed E-state index contributed by atoms with van der Waals surface area (Å²) < 4.78 is 1.13. The van der Waals surface area contributed by atoms with Gasteiger partial charge >= 0.3 is 11.9 Å². The number of carbonyl (C=O) groups is 2. The van der Waals surface area contributed by atoms with E-state index in [0.717, 1.165) is 10.2 Å². The zero-order chi connectivity index (χ0) is 13.3. The Hall–Kier alpha value is -2.44. The first-order valence-electron chi connectivity index (χ1n) is 5.25. The second-order valence-electron chi connectivity index (χ2n) is 3.98. The van der Waals surface area contributed by atoms with Gasteiger partial charge in [-0.15, -0.1) is 5.10 Å². The number of fused-ring (bicyclic) bond motifs is 1. The van der Waals surface area contributed by atoms with Crippen LogP contribution < -0.4 is 0 Å². The van der Waals surface area contributed by atoms with Crippen molar-refractivity contribution in [1.29, 1.82) is 0 Å². The van der Waals surface area contributed by atoms with Crippen LogP contribution in [0.25, 0.3) is 11.0 Å². The van der Waals surface area contributed by atoms with Crippen molar-refractivity contribution in [3.8, 4) is 0 Å². The average Bonchev–Trinajstić information content (AvgIpc) is 2.67. The molecule has 94 valence electrons. The third-order valence-corrected chi connectivity index (χ3v) is 2.57. The molecule has 0 bridgehead atoms. The Labute approximate surface area is 102 Å². The van der Waals surface area contributed by atoms with E-state index in [1.807, 2.05) is 6.92 Å². The first-order valence-corrected chi connectivity index (χ1v) is 5.25.